The standard InChI is InChI=1S/C16H21N/c1-11-3-6-16(12(2)7-11)17-10-15-9-13-4-5-14(15)8-13/h3-7,13-15,17H,8-10H2,1-2H3. The average molecular weight is 227 g/mol. The van der Waals surface area contributed by atoms with Crippen molar-refractivity contribution in [1.29, 1.82) is 0 Å². The summed E-state index contributed by atoms with van der Waals surface area (Å²) in [6.07, 6.45) is 7.64. The van der Waals surface area contributed by atoms with Gasteiger partial charge in [0.1, 0.15) is 0 Å². The Hall–Kier alpha value is -1.24. The molecule has 2 aliphatic carbocycles. The first-order chi connectivity index (χ1) is 8.22. The van der Waals surface area contributed by atoms with Gasteiger partial charge in [-0.3, -0.25) is 0 Å². The van der Waals surface area contributed by atoms with Gasteiger partial charge in [0.15, 0.2) is 0 Å². The summed E-state index contributed by atoms with van der Waals surface area (Å²) in [5.41, 5.74) is 4.02. The van der Waals surface area contributed by atoms with Crippen molar-refractivity contribution in [2.75, 3.05) is 11.9 Å². The second kappa shape index (κ2) is 4.21. The van der Waals surface area contributed by atoms with E-state index in [2.05, 4.69) is 49.5 Å². The fourth-order valence-electron chi connectivity index (χ4n) is 3.38. The molecule has 1 nitrogen and oxygen atoms in total. The molecular weight excluding hydrogens is 206 g/mol. The van der Waals surface area contributed by atoms with Crippen LogP contribution in [0.5, 0.6) is 0 Å². The summed E-state index contributed by atoms with van der Waals surface area (Å²) < 4.78 is 0. The Bertz CT molecular complexity index is 447. The fourth-order valence-corrected chi connectivity index (χ4v) is 3.38. The molecule has 0 spiro atoms. The van der Waals surface area contributed by atoms with Crippen LogP contribution in [0.4, 0.5) is 5.69 Å². The third-order valence-electron chi connectivity index (χ3n) is 4.35. The number of allylic oxidation sites excluding steroid dienone is 2. The first-order valence-electron chi connectivity index (χ1n) is 6.72. The zero-order chi connectivity index (χ0) is 11.8. The number of fused-ring (bicyclic) bond motifs is 2. The number of nitrogens with one attached hydrogen (secondary N) is 1. The third-order valence-corrected chi connectivity index (χ3v) is 4.35. The van der Waals surface area contributed by atoms with Gasteiger partial charge in [-0.05, 0) is 56.1 Å². The molecule has 0 heterocycles. The zero-order valence-electron chi connectivity index (χ0n) is 10.7. The maximum Gasteiger partial charge on any atom is 0.0370 e. The van der Waals surface area contributed by atoms with Crippen molar-refractivity contribution in [2.45, 2.75) is 26.7 Å². The van der Waals surface area contributed by atoms with Crippen molar-refractivity contribution >= 4 is 5.69 Å². The number of benzene rings is 1. The summed E-state index contributed by atoms with van der Waals surface area (Å²) in [5, 5.41) is 3.63. The number of hydrogen-bond donors (Lipinski definition) is 1. The van der Waals surface area contributed by atoms with E-state index in [4.69, 9.17) is 0 Å². The summed E-state index contributed by atoms with van der Waals surface area (Å²) in [6, 6.07) is 6.66. The van der Waals surface area contributed by atoms with Crippen LogP contribution in [0, 0.1) is 31.6 Å². The Kier molecular flexibility index (Phi) is 2.70. The Morgan fingerprint density at radius 2 is 2.06 bits per heavy atom. The van der Waals surface area contributed by atoms with E-state index in [1.54, 1.807) is 0 Å². The Labute approximate surface area is 104 Å². The van der Waals surface area contributed by atoms with Gasteiger partial charge in [0, 0.05) is 12.2 Å². The van der Waals surface area contributed by atoms with Crippen LogP contribution in [-0.4, -0.2) is 6.54 Å². The van der Waals surface area contributed by atoms with E-state index in [-0.39, 0.29) is 0 Å². The molecule has 17 heavy (non-hydrogen) atoms. The minimum Gasteiger partial charge on any atom is -0.385 e. The lowest BCUT2D eigenvalue weighted by molar-refractivity contribution is 0.472. The minimum absolute atomic E-state index is 0.846. The van der Waals surface area contributed by atoms with E-state index in [1.807, 2.05) is 0 Å². The number of anilines is 1. The maximum atomic E-state index is 3.63. The minimum atomic E-state index is 0.846. The average Bonchev–Trinajstić information content (AvgIpc) is 2.89. The van der Waals surface area contributed by atoms with Crippen LogP contribution in [0.25, 0.3) is 0 Å². The predicted octanol–water partition coefficient (Wildman–Crippen LogP) is 3.93. The van der Waals surface area contributed by atoms with Gasteiger partial charge in [-0.2, -0.15) is 0 Å². The molecule has 0 radical (unpaired) electrons. The molecule has 0 aromatic heterocycles. The molecule has 3 rings (SSSR count). The molecule has 1 fully saturated rings. The molecule has 2 bridgehead atoms. The third kappa shape index (κ3) is 2.11. The molecule has 3 unspecified atom stereocenters. The van der Waals surface area contributed by atoms with E-state index < -0.39 is 0 Å². The largest absolute Gasteiger partial charge is 0.385 e. The Morgan fingerprint density at radius 1 is 1.18 bits per heavy atom. The second-order valence-corrected chi connectivity index (χ2v) is 5.74. The summed E-state index contributed by atoms with van der Waals surface area (Å²) in [7, 11) is 0. The van der Waals surface area contributed by atoms with Crippen molar-refractivity contribution in [3.63, 3.8) is 0 Å². The van der Waals surface area contributed by atoms with Gasteiger partial charge in [0.05, 0.1) is 0 Å². The van der Waals surface area contributed by atoms with Crippen LogP contribution >= 0.6 is 0 Å². The summed E-state index contributed by atoms with van der Waals surface area (Å²) in [5.74, 6) is 2.58. The van der Waals surface area contributed by atoms with Crippen molar-refractivity contribution < 1.29 is 0 Å². The molecule has 1 aromatic carbocycles. The molecule has 3 atom stereocenters. The van der Waals surface area contributed by atoms with Crippen molar-refractivity contribution in [3.8, 4) is 0 Å². The van der Waals surface area contributed by atoms with Gasteiger partial charge in [0.2, 0.25) is 0 Å². The molecule has 0 saturated heterocycles. The van der Waals surface area contributed by atoms with E-state index in [0.717, 1.165) is 24.3 Å². The highest BCUT2D eigenvalue weighted by Crippen LogP contribution is 2.43. The Morgan fingerprint density at radius 3 is 2.71 bits per heavy atom. The van der Waals surface area contributed by atoms with Crippen LogP contribution in [0.1, 0.15) is 24.0 Å². The van der Waals surface area contributed by atoms with Gasteiger partial charge in [-0.15, -0.1) is 0 Å². The van der Waals surface area contributed by atoms with Crippen molar-refractivity contribution in [2.24, 2.45) is 17.8 Å². The van der Waals surface area contributed by atoms with E-state index >= 15 is 0 Å². The molecule has 0 amide bonds. The highest BCUT2D eigenvalue weighted by molar-refractivity contribution is 5.52. The van der Waals surface area contributed by atoms with Crippen LogP contribution in [0.3, 0.4) is 0 Å². The first kappa shape index (κ1) is 10.9. The smallest absolute Gasteiger partial charge is 0.0370 e. The topological polar surface area (TPSA) is 12.0 Å². The van der Waals surface area contributed by atoms with Crippen LogP contribution in [0.2, 0.25) is 0 Å². The normalized spacial score (nSPS) is 29.9. The van der Waals surface area contributed by atoms with Gasteiger partial charge < -0.3 is 5.32 Å². The van der Waals surface area contributed by atoms with E-state index in [9.17, 15) is 0 Å². The van der Waals surface area contributed by atoms with Gasteiger partial charge in [-0.1, -0.05) is 29.8 Å². The first-order valence-corrected chi connectivity index (χ1v) is 6.72. The lowest BCUT2D eigenvalue weighted by Crippen LogP contribution is -2.18. The molecular formula is C16H21N. The summed E-state index contributed by atoms with van der Waals surface area (Å²) in [6.45, 7) is 5.48. The summed E-state index contributed by atoms with van der Waals surface area (Å²) >= 11 is 0. The van der Waals surface area contributed by atoms with Crippen LogP contribution in [0.15, 0.2) is 30.4 Å². The maximum absolute atomic E-state index is 3.63. The molecule has 0 aliphatic heterocycles. The van der Waals surface area contributed by atoms with Gasteiger partial charge in [0.25, 0.3) is 0 Å². The number of rotatable bonds is 3. The van der Waals surface area contributed by atoms with Crippen molar-refractivity contribution in [1.82, 2.24) is 0 Å². The molecule has 1 saturated carbocycles. The number of hydrogen-bond acceptors (Lipinski definition) is 1. The highest BCUT2D eigenvalue weighted by atomic mass is 14.9. The quantitative estimate of drug-likeness (QED) is 0.772. The fraction of sp³-hybridized carbons (Fsp3) is 0.500. The Balaban J connectivity index is 1.62. The van der Waals surface area contributed by atoms with E-state index in [0.29, 0.717) is 0 Å². The second-order valence-electron chi connectivity index (χ2n) is 5.74. The highest BCUT2D eigenvalue weighted by Gasteiger charge is 2.35. The lowest BCUT2D eigenvalue weighted by atomic mass is 9.93. The summed E-state index contributed by atoms with van der Waals surface area (Å²) in [4.78, 5) is 0. The SMILES string of the molecule is Cc1ccc(NCC2CC3C=CC2C3)c(C)c1. The van der Waals surface area contributed by atoms with Gasteiger partial charge >= 0.3 is 0 Å². The van der Waals surface area contributed by atoms with Crippen molar-refractivity contribution in [3.05, 3.63) is 41.5 Å². The number of aryl methyl sites for hydroxylation is 2. The zero-order valence-corrected chi connectivity index (χ0v) is 10.7. The predicted molar refractivity (Wildman–Crippen MR) is 73.2 cm³/mol. The van der Waals surface area contributed by atoms with Gasteiger partial charge in [-0.25, -0.2) is 0 Å². The molecule has 1 aromatic rings. The molecule has 90 valence electrons. The monoisotopic (exact) mass is 227 g/mol. The lowest BCUT2D eigenvalue weighted by Gasteiger charge is -2.20. The van der Waals surface area contributed by atoms with Crippen LogP contribution < -0.4 is 5.32 Å². The molecule has 2 aliphatic rings. The molecule has 1 heteroatoms. The van der Waals surface area contributed by atoms with Crippen LogP contribution in [-0.2, 0) is 0 Å². The molecule has 1 N–H and O–H groups in total. The van der Waals surface area contributed by atoms with E-state index in [1.165, 1.54) is 29.7 Å².